The minimum absolute atomic E-state index is 0.136. The molecule has 0 radical (unpaired) electrons. The van der Waals surface area contributed by atoms with E-state index in [9.17, 15) is 9.59 Å². The van der Waals surface area contributed by atoms with Crippen LogP contribution in [0.15, 0.2) is 60.7 Å². The van der Waals surface area contributed by atoms with Crippen LogP contribution in [0.2, 0.25) is 0 Å². The Morgan fingerprint density at radius 1 is 1.00 bits per heavy atom. The average molecular weight is 415 g/mol. The van der Waals surface area contributed by atoms with Gasteiger partial charge >= 0.3 is 5.97 Å². The lowest BCUT2D eigenvalue weighted by molar-refractivity contribution is -0.120. The third-order valence-corrected chi connectivity index (χ3v) is 5.97. The topological polar surface area (TPSA) is 74.7 Å². The Bertz CT molecular complexity index is 1180. The number of ketones is 1. The van der Waals surface area contributed by atoms with Crippen molar-refractivity contribution in [2.75, 3.05) is 13.9 Å². The van der Waals surface area contributed by atoms with Gasteiger partial charge in [-0.15, -0.1) is 0 Å². The monoisotopic (exact) mass is 415 g/mol. The summed E-state index contributed by atoms with van der Waals surface area (Å²) in [4.78, 5) is 30.1. The van der Waals surface area contributed by atoms with Crippen LogP contribution in [0.3, 0.4) is 0 Å². The molecule has 1 fully saturated rings. The highest BCUT2D eigenvalue weighted by molar-refractivity contribution is 5.97. The minimum atomic E-state index is -0.484. The van der Waals surface area contributed by atoms with Crippen LogP contribution in [0.1, 0.15) is 34.5 Å². The molecule has 2 aliphatic rings. The molecule has 1 aromatic heterocycles. The molecule has 2 aromatic carbocycles. The van der Waals surface area contributed by atoms with Crippen LogP contribution >= 0.6 is 0 Å². The van der Waals surface area contributed by atoms with Crippen molar-refractivity contribution in [3.05, 3.63) is 77.5 Å². The van der Waals surface area contributed by atoms with Crippen LogP contribution in [0, 0.1) is 0 Å². The Morgan fingerprint density at radius 3 is 2.61 bits per heavy atom. The first-order valence-corrected chi connectivity index (χ1v) is 10.2. The van der Waals surface area contributed by atoms with Crippen molar-refractivity contribution in [3.8, 4) is 22.8 Å². The molecule has 1 aliphatic carbocycles. The summed E-state index contributed by atoms with van der Waals surface area (Å²) in [6, 6.07) is 18.4. The van der Waals surface area contributed by atoms with E-state index in [2.05, 4.69) is 4.98 Å². The van der Waals surface area contributed by atoms with E-state index in [1.165, 1.54) is 7.11 Å². The van der Waals surface area contributed by atoms with E-state index in [1.807, 2.05) is 48.5 Å². The highest BCUT2D eigenvalue weighted by Crippen LogP contribution is 2.51. The quantitative estimate of drug-likeness (QED) is 0.564. The van der Waals surface area contributed by atoms with Crippen LogP contribution < -0.4 is 9.47 Å². The van der Waals surface area contributed by atoms with Crippen molar-refractivity contribution in [2.45, 2.75) is 24.7 Å². The summed E-state index contributed by atoms with van der Waals surface area (Å²) in [5.41, 5.74) is 2.92. The zero-order valence-corrected chi connectivity index (χ0v) is 17.1. The van der Waals surface area contributed by atoms with E-state index in [0.29, 0.717) is 34.0 Å². The first-order chi connectivity index (χ1) is 15.1. The van der Waals surface area contributed by atoms with Gasteiger partial charge in [0.1, 0.15) is 5.78 Å². The summed E-state index contributed by atoms with van der Waals surface area (Å²) in [6.45, 7) is 0.212. The van der Waals surface area contributed by atoms with Crippen molar-refractivity contribution in [1.82, 2.24) is 4.98 Å². The summed E-state index contributed by atoms with van der Waals surface area (Å²) < 4.78 is 15.8. The fraction of sp³-hybridized carbons (Fsp3) is 0.240. The number of carbonyl (C=O) groups is 2. The Labute approximate surface area is 179 Å². The Hall–Kier alpha value is -3.67. The summed E-state index contributed by atoms with van der Waals surface area (Å²) >= 11 is 0. The van der Waals surface area contributed by atoms with Gasteiger partial charge in [0.25, 0.3) is 0 Å². The SMILES string of the molecule is COC(=O)c1ccccc1-c1cccc(CC(=O)C2(c3ccc4c(c3)OCO4)CC2)n1. The van der Waals surface area contributed by atoms with Crippen LogP contribution in [0.5, 0.6) is 11.5 Å². The molecule has 2 heterocycles. The van der Waals surface area contributed by atoms with Crippen LogP contribution in [-0.4, -0.2) is 30.6 Å². The average Bonchev–Trinajstić information content (AvgIpc) is 3.49. The van der Waals surface area contributed by atoms with Gasteiger partial charge in [0.2, 0.25) is 6.79 Å². The van der Waals surface area contributed by atoms with Crippen LogP contribution in [-0.2, 0) is 21.4 Å². The van der Waals surface area contributed by atoms with E-state index in [1.54, 1.807) is 12.1 Å². The molecule has 0 spiro atoms. The van der Waals surface area contributed by atoms with Crippen LogP contribution in [0.4, 0.5) is 0 Å². The van der Waals surface area contributed by atoms with Crippen molar-refractivity contribution in [1.29, 1.82) is 0 Å². The number of benzene rings is 2. The fourth-order valence-electron chi connectivity index (χ4n) is 4.10. The second-order valence-corrected chi connectivity index (χ2v) is 7.80. The van der Waals surface area contributed by atoms with Gasteiger partial charge in [-0.1, -0.05) is 30.3 Å². The largest absolute Gasteiger partial charge is 0.465 e. The molecule has 0 amide bonds. The number of ether oxygens (including phenoxy) is 3. The second-order valence-electron chi connectivity index (χ2n) is 7.80. The number of aromatic nitrogens is 1. The van der Waals surface area contributed by atoms with Crippen molar-refractivity contribution < 1.29 is 23.8 Å². The Morgan fingerprint density at radius 2 is 1.81 bits per heavy atom. The summed E-state index contributed by atoms with van der Waals surface area (Å²) in [6.07, 6.45) is 1.86. The van der Waals surface area contributed by atoms with Crippen molar-refractivity contribution in [3.63, 3.8) is 0 Å². The molecule has 0 atom stereocenters. The highest BCUT2D eigenvalue weighted by Gasteiger charge is 2.51. The maximum absolute atomic E-state index is 13.3. The van der Waals surface area contributed by atoms with Gasteiger partial charge in [-0.25, -0.2) is 4.79 Å². The molecule has 0 saturated heterocycles. The molecule has 0 bridgehead atoms. The molecule has 156 valence electrons. The third-order valence-electron chi connectivity index (χ3n) is 5.97. The van der Waals surface area contributed by atoms with Gasteiger partial charge in [0.15, 0.2) is 11.5 Å². The van der Waals surface area contributed by atoms with E-state index >= 15 is 0 Å². The molecule has 31 heavy (non-hydrogen) atoms. The standard InChI is InChI=1S/C25H21NO5/c1-29-24(28)19-7-3-2-6-18(19)20-8-4-5-17(26-20)14-23(27)25(11-12-25)16-9-10-21-22(13-16)31-15-30-21/h2-10,13H,11-12,14-15H2,1H3. The zero-order valence-electron chi connectivity index (χ0n) is 17.1. The molecular weight excluding hydrogens is 394 g/mol. The lowest BCUT2D eigenvalue weighted by atomic mass is 9.88. The number of pyridine rings is 1. The number of fused-ring (bicyclic) bond motifs is 1. The first kappa shape index (κ1) is 19.3. The van der Waals surface area contributed by atoms with Crippen molar-refractivity contribution in [2.24, 2.45) is 0 Å². The summed E-state index contributed by atoms with van der Waals surface area (Å²) in [7, 11) is 1.35. The van der Waals surface area contributed by atoms with Crippen molar-refractivity contribution >= 4 is 11.8 Å². The van der Waals surface area contributed by atoms with Gasteiger partial charge in [-0.2, -0.15) is 0 Å². The third kappa shape index (κ3) is 3.44. The van der Waals surface area contributed by atoms with E-state index in [4.69, 9.17) is 14.2 Å². The number of methoxy groups -OCH3 is 1. The second kappa shape index (κ2) is 7.54. The molecule has 6 heteroatoms. The first-order valence-electron chi connectivity index (χ1n) is 10.2. The van der Waals surface area contributed by atoms with E-state index in [0.717, 1.165) is 18.4 Å². The highest BCUT2D eigenvalue weighted by atomic mass is 16.7. The molecule has 6 nitrogen and oxygen atoms in total. The van der Waals surface area contributed by atoms with Gasteiger partial charge < -0.3 is 14.2 Å². The molecule has 1 saturated carbocycles. The molecular formula is C25H21NO5. The fourth-order valence-corrected chi connectivity index (χ4v) is 4.10. The predicted octanol–water partition coefficient (Wildman–Crippen LogP) is 4.11. The lowest BCUT2D eigenvalue weighted by Crippen LogP contribution is -2.23. The maximum Gasteiger partial charge on any atom is 0.338 e. The zero-order chi connectivity index (χ0) is 21.4. The predicted molar refractivity (Wildman–Crippen MR) is 113 cm³/mol. The molecule has 0 unspecified atom stereocenters. The number of nitrogens with zero attached hydrogens (tertiary/aromatic N) is 1. The number of hydrogen-bond donors (Lipinski definition) is 0. The number of hydrogen-bond acceptors (Lipinski definition) is 6. The molecule has 3 aromatic rings. The Balaban J connectivity index is 1.41. The van der Waals surface area contributed by atoms with Gasteiger partial charge in [0, 0.05) is 17.7 Å². The van der Waals surface area contributed by atoms with Gasteiger partial charge in [-0.05, 0) is 48.7 Å². The number of Topliss-reactive ketones (excluding diaryl/α,β-unsaturated/α-hetero) is 1. The maximum atomic E-state index is 13.3. The van der Waals surface area contributed by atoms with E-state index < -0.39 is 11.4 Å². The van der Waals surface area contributed by atoms with Crippen LogP contribution in [0.25, 0.3) is 11.3 Å². The molecule has 1 aliphatic heterocycles. The number of rotatable bonds is 6. The van der Waals surface area contributed by atoms with E-state index in [-0.39, 0.29) is 19.0 Å². The molecule has 0 N–H and O–H groups in total. The summed E-state index contributed by atoms with van der Waals surface area (Å²) in [5, 5.41) is 0. The summed E-state index contributed by atoms with van der Waals surface area (Å²) in [5.74, 6) is 1.12. The number of esters is 1. The lowest BCUT2D eigenvalue weighted by Gasteiger charge is -2.15. The van der Waals surface area contributed by atoms with Gasteiger partial charge in [-0.3, -0.25) is 9.78 Å². The minimum Gasteiger partial charge on any atom is -0.465 e. The Kier molecular flexibility index (Phi) is 4.70. The molecule has 5 rings (SSSR count). The number of carbonyl (C=O) groups excluding carboxylic acids is 2. The normalized spacial score (nSPS) is 15.4. The van der Waals surface area contributed by atoms with Gasteiger partial charge in [0.05, 0.1) is 23.8 Å². The smallest absolute Gasteiger partial charge is 0.338 e.